The summed E-state index contributed by atoms with van der Waals surface area (Å²) in [5.74, 6) is 5.15. The molecule has 3 heterocycles. The third-order valence-electron chi connectivity index (χ3n) is 6.24. The fourth-order valence-electron chi connectivity index (χ4n) is 4.43. The molecule has 0 saturated carbocycles. The van der Waals surface area contributed by atoms with E-state index >= 15 is 0 Å². The molecule has 9 heteroatoms. The highest BCUT2D eigenvalue weighted by Gasteiger charge is 2.32. The highest BCUT2D eigenvalue weighted by Crippen LogP contribution is 2.31. The maximum atomic E-state index is 13.4. The van der Waals surface area contributed by atoms with E-state index in [4.69, 9.17) is 10.6 Å². The smallest absolute Gasteiger partial charge is 0.295 e. The van der Waals surface area contributed by atoms with E-state index < -0.39 is 11.7 Å². The van der Waals surface area contributed by atoms with Gasteiger partial charge in [-0.3, -0.25) is 19.1 Å². The summed E-state index contributed by atoms with van der Waals surface area (Å²) in [6.45, 7) is 6.46. The van der Waals surface area contributed by atoms with Crippen LogP contribution in [0.1, 0.15) is 47.4 Å². The molecular formula is C22H29N5O4. The number of Topliss-reactive ketones (excluding diaryl/α,β-unsaturated/α-hetero) is 1. The molecule has 2 atom stereocenters. The summed E-state index contributed by atoms with van der Waals surface area (Å²) < 4.78 is 6.79. The van der Waals surface area contributed by atoms with Gasteiger partial charge in [-0.2, -0.15) is 0 Å². The third kappa shape index (κ3) is 3.74. The second kappa shape index (κ2) is 8.22. The van der Waals surface area contributed by atoms with Crippen LogP contribution >= 0.6 is 0 Å². The number of amides is 2. The molecule has 3 N–H and O–H groups in total. The number of nitrogens with two attached hydrogens (primary N) is 1. The lowest BCUT2D eigenvalue weighted by molar-refractivity contribution is -0.125. The van der Waals surface area contributed by atoms with Gasteiger partial charge < -0.3 is 25.7 Å². The van der Waals surface area contributed by atoms with Gasteiger partial charge >= 0.3 is 0 Å². The highest BCUT2D eigenvalue weighted by molar-refractivity contribution is 6.45. The number of hydrogen-bond acceptors (Lipinski definition) is 6. The summed E-state index contributed by atoms with van der Waals surface area (Å²) in [5, 5.41) is 3.83. The zero-order valence-corrected chi connectivity index (χ0v) is 18.2. The van der Waals surface area contributed by atoms with Crippen molar-refractivity contribution >= 4 is 28.5 Å². The van der Waals surface area contributed by atoms with E-state index in [1.54, 1.807) is 21.9 Å². The number of methoxy groups -OCH3 is 1. The number of ketones is 1. The van der Waals surface area contributed by atoms with Crippen LogP contribution in [-0.2, 0) is 4.79 Å². The van der Waals surface area contributed by atoms with Gasteiger partial charge in [0, 0.05) is 55.9 Å². The van der Waals surface area contributed by atoms with Crippen LogP contribution < -0.4 is 15.9 Å². The lowest BCUT2D eigenvalue weighted by Crippen LogP contribution is -2.56. The quantitative estimate of drug-likeness (QED) is 0.428. The normalized spacial score (nSPS) is 21.5. The number of ether oxygens (including phenoxy) is 1. The minimum atomic E-state index is -0.608. The number of rotatable bonds is 4. The molecular weight excluding hydrogens is 398 g/mol. The molecule has 1 aromatic carbocycles. The third-order valence-corrected chi connectivity index (χ3v) is 6.24. The van der Waals surface area contributed by atoms with Gasteiger partial charge in [0.05, 0.1) is 23.8 Å². The van der Waals surface area contributed by atoms with E-state index in [9.17, 15) is 14.4 Å². The molecule has 0 spiro atoms. The van der Waals surface area contributed by atoms with Crippen molar-refractivity contribution in [2.75, 3.05) is 39.1 Å². The van der Waals surface area contributed by atoms with Gasteiger partial charge in [0.25, 0.3) is 17.6 Å². The molecule has 2 saturated heterocycles. The van der Waals surface area contributed by atoms with Crippen molar-refractivity contribution in [3.8, 4) is 5.75 Å². The summed E-state index contributed by atoms with van der Waals surface area (Å²) in [7, 11) is 1.49. The average Bonchev–Trinajstić information content (AvgIpc) is 3.41. The number of nitrogens with zero attached hydrogens (tertiary/aromatic N) is 3. The topological polar surface area (TPSA) is 110 Å². The average molecular weight is 428 g/mol. The summed E-state index contributed by atoms with van der Waals surface area (Å²) in [5.41, 5.74) is 1.07. The zero-order valence-electron chi connectivity index (χ0n) is 18.2. The SMILES string of the molecule is COc1cc2c(cc1C(=O)N1C[C@H](C)NC[C@H]1C)c(C(=O)C(=O)N1CCCC1)cn2N. The number of likely N-dealkylation sites (tertiary alicyclic amines) is 1. The fraction of sp³-hybridized carbons (Fsp3) is 0.500. The van der Waals surface area contributed by atoms with Crippen molar-refractivity contribution in [2.45, 2.75) is 38.8 Å². The van der Waals surface area contributed by atoms with Crippen LogP contribution in [0.4, 0.5) is 0 Å². The van der Waals surface area contributed by atoms with E-state index in [0.29, 0.717) is 48.4 Å². The Kier molecular flexibility index (Phi) is 5.62. The lowest BCUT2D eigenvalue weighted by Gasteiger charge is -2.37. The van der Waals surface area contributed by atoms with E-state index in [0.717, 1.165) is 12.8 Å². The van der Waals surface area contributed by atoms with Crippen LogP contribution in [0.5, 0.6) is 5.75 Å². The van der Waals surface area contributed by atoms with Crippen LogP contribution in [0.3, 0.4) is 0 Å². The van der Waals surface area contributed by atoms with E-state index in [2.05, 4.69) is 5.32 Å². The molecule has 0 radical (unpaired) electrons. The number of nitrogen functional groups attached to an aromatic ring is 1. The Labute approximate surface area is 181 Å². The number of benzene rings is 1. The Bertz CT molecular complexity index is 1040. The van der Waals surface area contributed by atoms with Gasteiger partial charge in [-0.15, -0.1) is 0 Å². The standard InChI is InChI=1S/C22H29N5O4/c1-13-11-26(14(2)10-24-13)21(29)16-8-15-17(12-27(23)18(15)9-19(16)31-3)20(28)22(30)25-6-4-5-7-25/h8-9,12-14,24H,4-7,10-11,23H2,1-3H3/t13-,14+/m0/s1. The highest BCUT2D eigenvalue weighted by atomic mass is 16.5. The number of piperazine rings is 1. The van der Waals surface area contributed by atoms with Crippen molar-refractivity contribution in [1.82, 2.24) is 19.8 Å². The van der Waals surface area contributed by atoms with Gasteiger partial charge in [0.2, 0.25) is 0 Å². The number of carbonyl (C=O) groups excluding carboxylic acids is 3. The molecule has 0 aliphatic carbocycles. The summed E-state index contributed by atoms with van der Waals surface area (Å²) in [6, 6.07) is 3.47. The molecule has 2 aliphatic rings. The van der Waals surface area contributed by atoms with Gasteiger partial charge in [-0.25, -0.2) is 0 Å². The van der Waals surface area contributed by atoms with Crippen molar-refractivity contribution in [2.24, 2.45) is 0 Å². The number of fused-ring (bicyclic) bond motifs is 1. The number of nitrogens with one attached hydrogen (secondary N) is 1. The molecule has 2 aliphatic heterocycles. The second-order valence-electron chi connectivity index (χ2n) is 8.46. The first kappa shape index (κ1) is 21.2. The molecule has 2 amide bonds. The molecule has 2 aromatic rings. The molecule has 1 aromatic heterocycles. The Morgan fingerprint density at radius 2 is 1.84 bits per heavy atom. The van der Waals surface area contributed by atoms with Crippen LogP contribution in [0.2, 0.25) is 0 Å². The van der Waals surface area contributed by atoms with E-state index in [1.165, 1.54) is 18.0 Å². The Balaban J connectivity index is 1.76. The van der Waals surface area contributed by atoms with Gasteiger partial charge in [0.1, 0.15) is 5.75 Å². The van der Waals surface area contributed by atoms with Crippen molar-refractivity contribution in [3.63, 3.8) is 0 Å². The monoisotopic (exact) mass is 427 g/mol. The fourth-order valence-corrected chi connectivity index (χ4v) is 4.43. The summed E-state index contributed by atoms with van der Waals surface area (Å²) >= 11 is 0. The number of aromatic nitrogens is 1. The van der Waals surface area contributed by atoms with E-state index in [-0.39, 0.29) is 23.6 Å². The minimum Gasteiger partial charge on any atom is -0.496 e. The van der Waals surface area contributed by atoms with Crippen LogP contribution in [0, 0.1) is 0 Å². The maximum Gasteiger partial charge on any atom is 0.295 e. The molecule has 4 rings (SSSR count). The molecule has 166 valence electrons. The first-order chi connectivity index (χ1) is 14.8. The lowest BCUT2D eigenvalue weighted by atomic mass is 10.0. The van der Waals surface area contributed by atoms with Gasteiger partial charge in [-0.05, 0) is 32.8 Å². The van der Waals surface area contributed by atoms with Gasteiger partial charge in [-0.1, -0.05) is 0 Å². The van der Waals surface area contributed by atoms with Crippen molar-refractivity contribution in [1.29, 1.82) is 0 Å². The maximum absolute atomic E-state index is 13.4. The van der Waals surface area contributed by atoms with Crippen molar-refractivity contribution in [3.05, 3.63) is 29.5 Å². The van der Waals surface area contributed by atoms with Crippen LogP contribution in [0.25, 0.3) is 10.9 Å². The second-order valence-corrected chi connectivity index (χ2v) is 8.46. The largest absolute Gasteiger partial charge is 0.496 e. The van der Waals surface area contributed by atoms with Crippen LogP contribution in [0.15, 0.2) is 18.3 Å². The Morgan fingerprint density at radius 1 is 1.13 bits per heavy atom. The number of carbonyl (C=O) groups is 3. The molecule has 2 fully saturated rings. The minimum absolute atomic E-state index is 0.0149. The molecule has 31 heavy (non-hydrogen) atoms. The Morgan fingerprint density at radius 3 is 2.52 bits per heavy atom. The van der Waals surface area contributed by atoms with Crippen LogP contribution in [-0.4, -0.2) is 77.4 Å². The Hall–Kier alpha value is -3.07. The summed E-state index contributed by atoms with van der Waals surface area (Å²) in [4.78, 5) is 42.5. The first-order valence-electron chi connectivity index (χ1n) is 10.7. The zero-order chi connectivity index (χ0) is 22.3. The molecule has 9 nitrogen and oxygen atoms in total. The first-order valence-corrected chi connectivity index (χ1v) is 10.7. The predicted molar refractivity (Wildman–Crippen MR) is 117 cm³/mol. The molecule has 0 bridgehead atoms. The number of hydrogen-bond donors (Lipinski definition) is 2. The summed E-state index contributed by atoms with van der Waals surface area (Å²) in [6.07, 6.45) is 3.24. The van der Waals surface area contributed by atoms with E-state index in [1.807, 2.05) is 13.8 Å². The van der Waals surface area contributed by atoms with Crippen molar-refractivity contribution < 1.29 is 19.1 Å². The predicted octanol–water partition coefficient (Wildman–Crippen LogP) is 0.991. The molecule has 0 unspecified atom stereocenters. The van der Waals surface area contributed by atoms with Gasteiger partial charge in [0.15, 0.2) is 0 Å².